The molecule has 1 fully saturated rings. The van der Waals surface area contributed by atoms with E-state index in [1.165, 1.54) is 21.5 Å². The van der Waals surface area contributed by atoms with Crippen LogP contribution in [0.4, 0.5) is 0 Å². The Morgan fingerprint density at radius 3 is 2.83 bits per heavy atom. The lowest BCUT2D eigenvalue weighted by atomic mass is 9.82. The summed E-state index contributed by atoms with van der Waals surface area (Å²) in [5.74, 6) is -0.906. The second-order valence-electron chi connectivity index (χ2n) is 6.47. The molecule has 2 rings (SSSR count). The van der Waals surface area contributed by atoms with Crippen LogP contribution >= 0.6 is 0 Å². The van der Waals surface area contributed by atoms with E-state index < -0.39 is 24.0 Å². The summed E-state index contributed by atoms with van der Waals surface area (Å²) in [6.07, 6.45) is 2.10. The summed E-state index contributed by atoms with van der Waals surface area (Å²) < 4.78 is 0. The van der Waals surface area contributed by atoms with Crippen molar-refractivity contribution in [3.63, 3.8) is 0 Å². The molecule has 2 atom stereocenters. The van der Waals surface area contributed by atoms with Crippen molar-refractivity contribution in [1.29, 1.82) is 0 Å². The van der Waals surface area contributed by atoms with Crippen LogP contribution in [0.3, 0.4) is 0 Å². The van der Waals surface area contributed by atoms with E-state index in [9.17, 15) is 14.7 Å². The number of nitrogens with zero attached hydrogens (tertiary/aromatic N) is 1. The average molecular weight is 320 g/mol. The van der Waals surface area contributed by atoms with E-state index in [0.717, 1.165) is 6.42 Å². The molecule has 0 aliphatic carbocycles. The number of nitrogens with one attached hydrogen (secondary N) is 1. The van der Waals surface area contributed by atoms with E-state index >= 15 is 0 Å². The van der Waals surface area contributed by atoms with Gasteiger partial charge in [0.1, 0.15) is 6.04 Å². The first-order valence-electron chi connectivity index (χ1n) is 7.83. The number of likely N-dealkylation sites (tertiary alicyclic amines) is 1. The number of hydrogen-bond donors (Lipinski definition) is 3. The Morgan fingerprint density at radius 2 is 2.22 bits per heavy atom. The van der Waals surface area contributed by atoms with E-state index in [1.54, 1.807) is 0 Å². The van der Waals surface area contributed by atoms with Gasteiger partial charge in [-0.05, 0) is 31.7 Å². The predicted octanol–water partition coefficient (Wildman–Crippen LogP) is 1.03. The number of carbonyl (C=O) groups excluding carboxylic acids is 2. The van der Waals surface area contributed by atoms with Crippen LogP contribution in [0.5, 0.6) is 0 Å². The van der Waals surface area contributed by atoms with Gasteiger partial charge >= 0.3 is 0 Å². The van der Waals surface area contributed by atoms with Crippen LogP contribution in [0.25, 0.3) is 0 Å². The monoisotopic (exact) mass is 320 g/mol. The van der Waals surface area contributed by atoms with Crippen molar-refractivity contribution in [3.05, 3.63) is 35.4 Å². The Kier molecular flexibility index (Phi) is 5.38. The van der Waals surface area contributed by atoms with Gasteiger partial charge in [-0.15, -0.1) is 0 Å². The number of hydrogen-bond acceptors (Lipinski definition) is 4. The Labute approximate surface area is 136 Å². The smallest absolute Gasteiger partial charge is 0.268 e. The van der Waals surface area contributed by atoms with Gasteiger partial charge in [-0.2, -0.15) is 0 Å². The first-order valence-corrected chi connectivity index (χ1v) is 7.83. The number of aliphatic hydroxyl groups is 1. The third-order valence-corrected chi connectivity index (χ3v) is 4.69. The first kappa shape index (κ1) is 17.4. The lowest BCUT2D eigenvalue weighted by molar-refractivity contribution is -0.147. The van der Waals surface area contributed by atoms with Gasteiger partial charge < -0.3 is 10.0 Å². The van der Waals surface area contributed by atoms with E-state index in [2.05, 4.69) is 6.07 Å². The predicted molar refractivity (Wildman–Crippen MR) is 84.7 cm³/mol. The molecule has 1 heterocycles. The fourth-order valence-corrected chi connectivity index (χ4v) is 3.14. The summed E-state index contributed by atoms with van der Waals surface area (Å²) in [5.41, 5.74) is 3.33. The second kappa shape index (κ2) is 7.10. The molecule has 1 aliphatic heterocycles. The Balaban J connectivity index is 2.05. The van der Waals surface area contributed by atoms with Gasteiger partial charge in [-0.3, -0.25) is 14.8 Å². The maximum atomic E-state index is 12.7. The fourth-order valence-electron chi connectivity index (χ4n) is 3.14. The molecule has 1 saturated heterocycles. The van der Waals surface area contributed by atoms with Gasteiger partial charge in [0.05, 0.1) is 6.61 Å². The Hall–Kier alpha value is -1.92. The highest BCUT2D eigenvalue weighted by atomic mass is 16.5. The van der Waals surface area contributed by atoms with Crippen molar-refractivity contribution < 1.29 is 19.9 Å². The van der Waals surface area contributed by atoms with Crippen molar-refractivity contribution >= 4 is 11.8 Å². The van der Waals surface area contributed by atoms with E-state index in [1.807, 2.05) is 32.0 Å². The summed E-state index contributed by atoms with van der Waals surface area (Å²) >= 11 is 0. The zero-order chi connectivity index (χ0) is 17.0. The maximum Gasteiger partial charge on any atom is 0.268 e. The van der Waals surface area contributed by atoms with Gasteiger partial charge in [0.2, 0.25) is 5.91 Å². The molecule has 6 nitrogen and oxygen atoms in total. The molecule has 1 aromatic rings. The summed E-state index contributed by atoms with van der Waals surface area (Å²) in [6, 6.07) is 7.16. The summed E-state index contributed by atoms with van der Waals surface area (Å²) in [6.45, 7) is 3.83. The van der Waals surface area contributed by atoms with Crippen molar-refractivity contribution in [2.75, 3.05) is 13.2 Å². The molecule has 0 radical (unpaired) electrons. The van der Waals surface area contributed by atoms with Gasteiger partial charge in [0.25, 0.3) is 5.91 Å². The van der Waals surface area contributed by atoms with Crippen molar-refractivity contribution in [1.82, 2.24) is 10.4 Å². The molecule has 2 unspecified atom stereocenters. The molecular weight excluding hydrogens is 296 g/mol. The van der Waals surface area contributed by atoms with E-state index in [0.29, 0.717) is 19.4 Å². The number of aryl methyl sites for hydroxylation is 2. The first-order chi connectivity index (χ1) is 10.9. The largest absolute Gasteiger partial charge is 0.394 e. The van der Waals surface area contributed by atoms with Crippen molar-refractivity contribution in [2.45, 2.75) is 39.2 Å². The number of carbonyl (C=O) groups is 2. The highest BCUT2D eigenvalue weighted by Crippen LogP contribution is 2.37. The molecule has 2 amide bonds. The van der Waals surface area contributed by atoms with Crippen LogP contribution in [0.15, 0.2) is 24.3 Å². The van der Waals surface area contributed by atoms with Crippen LogP contribution in [0, 0.1) is 12.3 Å². The third-order valence-electron chi connectivity index (χ3n) is 4.69. The number of rotatable bonds is 6. The van der Waals surface area contributed by atoms with Crippen LogP contribution < -0.4 is 5.48 Å². The standard InChI is InChI=1S/C17H24N2O4/c1-12-4-3-5-13(10-12)6-7-17(2)8-9-19(16(17)22)14(11-20)15(21)18-23/h3-5,10,14,20,23H,6-9,11H2,1-2H3,(H,18,21). The number of hydroxylamine groups is 1. The topological polar surface area (TPSA) is 89.9 Å². The van der Waals surface area contributed by atoms with E-state index in [4.69, 9.17) is 5.21 Å². The molecule has 1 aliphatic rings. The normalized spacial score (nSPS) is 22.3. The fraction of sp³-hybridized carbons (Fsp3) is 0.529. The van der Waals surface area contributed by atoms with Gasteiger partial charge in [0, 0.05) is 12.0 Å². The molecule has 1 aromatic carbocycles. The SMILES string of the molecule is Cc1cccc(CCC2(C)CCN(C(CO)C(=O)NO)C2=O)c1. The van der Waals surface area contributed by atoms with Gasteiger partial charge in [-0.25, -0.2) is 5.48 Å². The molecule has 6 heteroatoms. The summed E-state index contributed by atoms with van der Waals surface area (Å²) in [5, 5.41) is 18.1. The highest BCUT2D eigenvalue weighted by molar-refractivity contribution is 5.91. The van der Waals surface area contributed by atoms with Crippen molar-refractivity contribution in [2.24, 2.45) is 5.41 Å². The van der Waals surface area contributed by atoms with Crippen LogP contribution in [0.2, 0.25) is 0 Å². The minimum absolute atomic E-state index is 0.146. The molecule has 126 valence electrons. The summed E-state index contributed by atoms with van der Waals surface area (Å²) in [4.78, 5) is 25.6. The quantitative estimate of drug-likeness (QED) is 0.539. The minimum Gasteiger partial charge on any atom is -0.394 e. The lowest BCUT2D eigenvalue weighted by Gasteiger charge is -2.27. The van der Waals surface area contributed by atoms with Crippen LogP contribution in [-0.4, -0.2) is 46.2 Å². The highest BCUT2D eigenvalue weighted by Gasteiger charge is 2.46. The molecule has 0 aromatic heterocycles. The molecule has 0 bridgehead atoms. The zero-order valence-electron chi connectivity index (χ0n) is 13.6. The van der Waals surface area contributed by atoms with Gasteiger partial charge in [0.15, 0.2) is 0 Å². The van der Waals surface area contributed by atoms with Crippen molar-refractivity contribution in [3.8, 4) is 0 Å². The third kappa shape index (κ3) is 3.71. The molecule has 0 saturated carbocycles. The Bertz CT molecular complexity index is 590. The number of amides is 2. The molecule has 23 heavy (non-hydrogen) atoms. The number of benzene rings is 1. The minimum atomic E-state index is -1.03. The zero-order valence-corrected chi connectivity index (χ0v) is 13.6. The second-order valence-corrected chi connectivity index (χ2v) is 6.47. The summed E-state index contributed by atoms with van der Waals surface area (Å²) in [7, 11) is 0. The van der Waals surface area contributed by atoms with Crippen LogP contribution in [-0.2, 0) is 16.0 Å². The maximum absolute atomic E-state index is 12.7. The van der Waals surface area contributed by atoms with E-state index in [-0.39, 0.29) is 5.91 Å². The molecule has 3 N–H and O–H groups in total. The number of aliphatic hydroxyl groups excluding tert-OH is 1. The molecule has 0 spiro atoms. The lowest BCUT2D eigenvalue weighted by Crippen LogP contribution is -2.50. The molecular formula is C17H24N2O4. The van der Waals surface area contributed by atoms with Crippen LogP contribution in [0.1, 0.15) is 30.9 Å². The van der Waals surface area contributed by atoms with Gasteiger partial charge in [-0.1, -0.05) is 36.8 Å². The average Bonchev–Trinajstić information content (AvgIpc) is 2.83. The Morgan fingerprint density at radius 1 is 1.48 bits per heavy atom.